The summed E-state index contributed by atoms with van der Waals surface area (Å²) < 4.78 is 0. The average Bonchev–Trinajstić information content (AvgIpc) is 3.10. The van der Waals surface area contributed by atoms with E-state index in [1.807, 2.05) is 24.3 Å². The highest BCUT2D eigenvalue weighted by Gasteiger charge is 2.48. The minimum absolute atomic E-state index is 0.261. The molecule has 2 aliphatic heterocycles. The van der Waals surface area contributed by atoms with E-state index in [-0.39, 0.29) is 5.91 Å². The second kappa shape index (κ2) is 11.0. The van der Waals surface area contributed by atoms with Crippen LogP contribution < -0.4 is 5.32 Å². The van der Waals surface area contributed by atoms with E-state index >= 15 is 0 Å². The number of carbonyl (C=O) groups excluding carboxylic acids is 2. The van der Waals surface area contributed by atoms with E-state index in [9.17, 15) is 9.59 Å². The van der Waals surface area contributed by atoms with Gasteiger partial charge >= 0.3 is 6.03 Å². The van der Waals surface area contributed by atoms with E-state index in [1.165, 1.54) is 37.0 Å². The van der Waals surface area contributed by atoms with Crippen LogP contribution >= 0.6 is 23.4 Å². The second-order valence-corrected chi connectivity index (χ2v) is 9.22. The van der Waals surface area contributed by atoms with Crippen molar-refractivity contribution in [3.8, 4) is 0 Å². The van der Waals surface area contributed by atoms with Crippen LogP contribution in [0.5, 0.6) is 0 Å². The normalized spacial score (nSPS) is 21.0. The molecular weight excluding hydrogens is 420 g/mol. The zero-order valence-corrected chi connectivity index (χ0v) is 19.3. The molecule has 0 bridgehead atoms. The van der Waals surface area contributed by atoms with E-state index in [2.05, 4.69) is 17.1 Å². The molecule has 0 radical (unpaired) electrons. The van der Waals surface area contributed by atoms with E-state index in [1.54, 1.807) is 18.8 Å². The number of unbranched alkanes of at least 4 members (excludes halogenated alkanes) is 6. The smallest absolute Gasteiger partial charge is 0.325 e. The van der Waals surface area contributed by atoms with Crippen molar-refractivity contribution in [1.82, 2.24) is 15.1 Å². The van der Waals surface area contributed by atoms with Crippen molar-refractivity contribution < 1.29 is 9.59 Å². The van der Waals surface area contributed by atoms with Crippen molar-refractivity contribution in [2.45, 2.75) is 69.8 Å². The highest BCUT2D eigenvalue weighted by Crippen LogP contribution is 2.31. The number of likely N-dealkylation sites (N-methyl/N-ethyl adjacent to an activating group) is 1. The van der Waals surface area contributed by atoms with Crippen molar-refractivity contribution in [1.29, 1.82) is 0 Å². The number of nitrogens with zero attached hydrogens (tertiary/aromatic N) is 3. The van der Waals surface area contributed by atoms with Crippen LogP contribution in [0, 0.1) is 0 Å². The molecule has 1 N–H and O–H groups in total. The van der Waals surface area contributed by atoms with Crippen molar-refractivity contribution in [3.05, 3.63) is 34.9 Å². The number of imide groups is 1. The number of thioether (sulfide) groups is 1. The highest BCUT2D eigenvalue weighted by atomic mass is 35.5. The van der Waals surface area contributed by atoms with Gasteiger partial charge in [-0.15, -0.1) is 0 Å². The summed E-state index contributed by atoms with van der Waals surface area (Å²) in [5.74, 6) is 0.410. The Morgan fingerprint density at radius 1 is 1.10 bits per heavy atom. The van der Waals surface area contributed by atoms with Crippen LogP contribution in [0.1, 0.15) is 57.4 Å². The van der Waals surface area contributed by atoms with Crippen molar-refractivity contribution in [3.63, 3.8) is 0 Å². The van der Waals surface area contributed by atoms with Crippen molar-refractivity contribution in [2.24, 2.45) is 4.99 Å². The molecule has 1 saturated heterocycles. The molecule has 30 heavy (non-hydrogen) atoms. The van der Waals surface area contributed by atoms with Crippen LogP contribution in [-0.2, 0) is 10.5 Å². The summed E-state index contributed by atoms with van der Waals surface area (Å²) in [7, 11) is 1.69. The number of amides is 3. The van der Waals surface area contributed by atoms with Gasteiger partial charge in [0.15, 0.2) is 17.4 Å². The SMILES string of the molecule is CCCCCCCCCN1C(SCc2ccccc2Cl)=NC2C1C(=O)NC(=O)N2C. The number of rotatable bonds is 10. The van der Waals surface area contributed by atoms with Crippen LogP contribution in [0.2, 0.25) is 5.02 Å². The average molecular weight is 451 g/mol. The van der Waals surface area contributed by atoms with Gasteiger partial charge in [-0.05, 0) is 18.1 Å². The molecule has 8 heteroatoms. The van der Waals surface area contributed by atoms with Gasteiger partial charge in [-0.2, -0.15) is 0 Å². The fraction of sp³-hybridized carbons (Fsp3) is 0.591. The van der Waals surface area contributed by atoms with Gasteiger partial charge in [0.2, 0.25) is 0 Å². The van der Waals surface area contributed by atoms with Gasteiger partial charge in [0.25, 0.3) is 5.91 Å². The van der Waals surface area contributed by atoms with Crippen LogP contribution in [0.15, 0.2) is 29.3 Å². The Morgan fingerprint density at radius 3 is 2.53 bits per heavy atom. The van der Waals surface area contributed by atoms with Crippen LogP contribution in [-0.4, -0.2) is 52.7 Å². The molecule has 2 unspecified atom stereocenters. The van der Waals surface area contributed by atoms with Gasteiger partial charge < -0.3 is 9.80 Å². The lowest BCUT2D eigenvalue weighted by Crippen LogP contribution is -2.63. The maximum Gasteiger partial charge on any atom is 0.325 e. The number of benzene rings is 1. The Hall–Kier alpha value is -1.73. The lowest BCUT2D eigenvalue weighted by molar-refractivity contribution is -0.127. The first-order valence-corrected chi connectivity index (χ1v) is 12.2. The van der Waals surface area contributed by atoms with Gasteiger partial charge in [-0.25, -0.2) is 9.79 Å². The van der Waals surface area contributed by atoms with Crippen LogP contribution in [0.25, 0.3) is 0 Å². The Balaban J connectivity index is 1.64. The molecule has 3 rings (SSSR count). The first-order chi connectivity index (χ1) is 14.5. The minimum atomic E-state index is -0.468. The third-order valence-corrected chi connectivity index (χ3v) is 7.06. The molecule has 1 aromatic rings. The summed E-state index contributed by atoms with van der Waals surface area (Å²) in [5, 5.41) is 4.00. The summed E-state index contributed by atoms with van der Waals surface area (Å²) in [6.45, 7) is 2.99. The molecular formula is C22H31ClN4O2S. The summed E-state index contributed by atoms with van der Waals surface area (Å²) in [4.78, 5) is 33.0. The number of hydrogen-bond donors (Lipinski definition) is 1. The third kappa shape index (κ3) is 5.49. The van der Waals surface area contributed by atoms with Crippen LogP contribution in [0.3, 0.4) is 0 Å². The Bertz CT molecular complexity index is 788. The lowest BCUT2D eigenvalue weighted by Gasteiger charge is -2.36. The molecule has 0 aliphatic carbocycles. The molecule has 6 nitrogen and oxygen atoms in total. The maximum atomic E-state index is 12.6. The number of aliphatic imine (C=N–C) groups is 1. The molecule has 2 heterocycles. The van der Waals surface area contributed by atoms with Gasteiger partial charge in [0.1, 0.15) is 0 Å². The van der Waals surface area contributed by atoms with E-state index < -0.39 is 18.2 Å². The van der Waals surface area contributed by atoms with Gasteiger partial charge in [-0.1, -0.05) is 87.0 Å². The lowest BCUT2D eigenvalue weighted by atomic mass is 10.1. The number of fused-ring (bicyclic) bond motifs is 1. The molecule has 0 aromatic heterocycles. The van der Waals surface area contributed by atoms with E-state index in [0.717, 1.165) is 35.1 Å². The number of amidine groups is 1. The predicted molar refractivity (Wildman–Crippen MR) is 124 cm³/mol. The summed E-state index contributed by atoms with van der Waals surface area (Å²) in [6.07, 6.45) is 7.99. The summed E-state index contributed by atoms with van der Waals surface area (Å²) in [6, 6.07) is 6.91. The fourth-order valence-corrected chi connectivity index (χ4v) is 5.22. The second-order valence-electron chi connectivity index (χ2n) is 7.87. The van der Waals surface area contributed by atoms with Crippen molar-refractivity contribution >= 4 is 40.5 Å². The number of halogens is 1. The van der Waals surface area contributed by atoms with Crippen molar-refractivity contribution in [2.75, 3.05) is 13.6 Å². The molecule has 1 fully saturated rings. The van der Waals surface area contributed by atoms with E-state index in [4.69, 9.17) is 16.6 Å². The predicted octanol–water partition coefficient (Wildman–Crippen LogP) is 4.87. The number of urea groups is 1. The van der Waals surface area contributed by atoms with Gasteiger partial charge in [-0.3, -0.25) is 10.1 Å². The quantitative estimate of drug-likeness (QED) is 0.516. The standard InChI is InChI=1S/C22H31ClN4O2S/c1-3-4-5-6-7-8-11-14-27-18-19(26(2)21(29)25-20(18)28)24-22(27)30-15-16-12-9-10-13-17(16)23/h9-10,12-13,18-19H,3-8,11,14-15H2,1-2H3,(H,25,28,29). The molecule has 2 aliphatic rings. The molecule has 1 aromatic carbocycles. The molecule has 164 valence electrons. The van der Waals surface area contributed by atoms with E-state index in [0.29, 0.717) is 5.75 Å². The van der Waals surface area contributed by atoms with Gasteiger partial charge in [0.05, 0.1) is 0 Å². The number of carbonyl (C=O) groups is 2. The summed E-state index contributed by atoms with van der Waals surface area (Å²) in [5.41, 5.74) is 1.03. The fourth-order valence-electron chi connectivity index (χ4n) is 3.85. The zero-order chi connectivity index (χ0) is 21.5. The highest BCUT2D eigenvalue weighted by molar-refractivity contribution is 8.13. The Morgan fingerprint density at radius 2 is 1.80 bits per heavy atom. The topological polar surface area (TPSA) is 65.0 Å². The molecule has 0 saturated carbocycles. The number of hydrogen-bond acceptors (Lipinski definition) is 5. The first kappa shape index (κ1) is 22.9. The maximum absolute atomic E-state index is 12.6. The largest absolute Gasteiger partial charge is 0.336 e. The molecule has 2 atom stereocenters. The Labute approximate surface area is 188 Å². The zero-order valence-electron chi connectivity index (χ0n) is 17.8. The summed E-state index contributed by atoms with van der Waals surface area (Å²) >= 11 is 7.88. The minimum Gasteiger partial charge on any atom is -0.336 e. The monoisotopic (exact) mass is 450 g/mol. The van der Waals surface area contributed by atoms with Crippen LogP contribution in [0.4, 0.5) is 4.79 Å². The first-order valence-electron chi connectivity index (χ1n) is 10.8. The van der Waals surface area contributed by atoms with Gasteiger partial charge in [0, 0.05) is 24.4 Å². The number of nitrogens with one attached hydrogen (secondary N) is 1. The Kier molecular flexibility index (Phi) is 8.45. The molecule has 0 spiro atoms. The molecule has 3 amide bonds. The third-order valence-electron chi connectivity index (χ3n) is 5.64.